The van der Waals surface area contributed by atoms with Gasteiger partial charge in [-0.3, -0.25) is 0 Å². The molecule has 0 aromatic carbocycles. The number of rotatable bonds is 8. The van der Waals surface area contributed by atoms with Crippen LogP contribution in [0.5, 0.6) is 0 Å². The van der Waals surface area contributed by atoms with E-state index in [1.165, 1.54) is 7.11 Å². The monoisotopic (exact) mass is 614 g/mol. The topological polar surface area (TPSA) is 190 Å². The number of hydrogen-bond acceptors (Lipinski definition) is 11. The molecule has 1 heterocycles. The number of aliphatic hydroxyl groups excluding tert-OH is 7. The molecule has 17 atom stereocenters. The molecule has 0 aromatic rings. The van der Waals surface area contributed by atoms with Crippen molar-refractivity contribution >= 4 is 0 Å². The highest BCUT2D eigenvalue weighted by molar-refractivity contribution is 5.21. The minimum absolute atomic E-state index is 0.0412. The summed E-state index contributed by atoms with van der Waals surface area (Å²) in [6.07, 6.45) is -1.06. The van der Waals surface area contributed by atoms with E-state index in [1.54, 1.807) is 0 Å². The summed E-state index contributed by atoms with van der Waals surface area (Å²) in [6.45, 7) is 6.17. The Morgan fingerprint density at radius 1 is 0.930 bits per heavy atom. The highest BCUT2D eigenvalue weighted by Gasteiger charge is 2.71. The van der Waals surface area contributed by atoms with Crippen molar-refractivity contribution in [1.82, 2.24) is 0 Å². The Hall–Kier alpha value is -0.700. The maximum Gasteiger partial charge on any atom is 0.186 e. The van der Waals surface area contributed by atoms with E-state index in [1.807, 2.05) is 19.1 Å². The lowest BCUT2D eigenvalue weighted by atomic mass is 9.41. The summed E-state index contributed by atoms with van der Waals surface area (Å²) in [4.78, 5) is 0. The van der Waals surface area contributed by atoms with Gasteiger partial charge in [0.2, 0.25) is 0 Å². The second-order valence-electron chi connectivity index (χ2n) is 14.8. The molecule has 248 valence electrons. The van der Waals surface area contributed by atoms with E-state index >= 15 is 0 Å². The molecule has 0 aromatic heterocycles. The molecule has 5 aliphatic rings. The van der Waals surface area contributed by atoms with Gasteiger partial charge in [0.15, 0.2) is 6.29 Å². The summed E-state index contributed by atoms with van der Waals surface area (Å²) < 4.78 is 16.0. The average Bonchev–Trinajstić information content (AvgIpc) is 3.21. The molecule has 4 aliphatic carbocycles. The largest absolute Gasteiger partial charge is 0.393 e. The lowest BCUT2D eigenvalue weighted by Crippen LogP contribution is -2.70. The van der Waals surface area contributed by atoms with E-state index < -0.39 is 78.0 Å². The summed E-state index contributed by atoms with van der Waals surface area (Å²) in [5.74, 6) is -1.01. The predicted molar refractivity (Wildman–Crippen MR) is 154 cm³/mol. The summed E-state index contributed by atoms with van der Waals surface area (Å²) in [5.41, 5.74) is -2.20. The van der Waals surface area contributed by atoms with Crippen LogP contribution in [-0.2, 0) is 14.2 Å². The van der Waals surface area contributed by atoms with E-state index in [0.717, 1.165) is 12.8 Å². The van der Waals surface area contributed by atoms with Crippen LogP contribution in [0, 0.1) is 40.4 Å². The quantitative estimate of drug-likeness (QED) is 0.173. The number of ether oxygens (including phenoxy) is 3. The third kappa shape index (κ3) is 5.65. The van der Waals surface area contributed by atoms with E-state index in [-0.39, 0.29) is 42.8 Å². The van der Waals surface area contributed by atoms with Gasteiger partial charge < -0.3 is 55.1 Å². The molecule has 0 amide bonds. The molecule has 0 spiro atoms. The SMILES string of the molecule is CO[C@@H]1[C@@H](O)[C@H](OC[C@@H](O)C/C=C/C(C)[C@H]2CC(O)C3[C@]4(O)CC(O)C5[C@@H](O)[C@@H](O)CC[C@]5(C)C4CC[C@@]32C)OC[C@H]1O. The van der Waals surface area contributed by atoms with Gasteiger partial charge in [-0.25, -0.2) is 0 Å². The highest BCUT2D eigenvalue weighted by Crippen LogP contribution is 2.69. The standard InChI is InChI=1S/C32H54O11/c1-16(6-5-7-17(33)14-42-29-26(39)27(41-4)22(37)15-43-29)18-12-20(35)28-30(18,2)11-9-23-31(3)10-8-19(34)25(38)24(31)21(36)13-32(23,28)40/h5-6,16-29,33-40H,7-15H2,1-4H3/b6-5+/t16?,17-,18+,19-,20?,21?,22+,23?,24?,25-,26+,27-,28?,29+,30+,31+,32-/m0/s1. The van der Waals surface area contributed by atoms with Crippen LogP contribution in [-0.4, -0.2) is 122 Å². The lowest BCUT2D eigenvalue weighted by Gasteiger charge is -2.66. The summed E-state index contributed by atoms with van der Waals surface area (Å²) >= 11 is 0. The van der Waals surface area contributed by atoms with Crippen LogP contribution in [0.25, 0.3) is 0 Å². The van der Waals surface area contributed by atoms with Crippen LogP contribution < -0.4 is 0 Å². The van der Waals surface area contributed by atoms with Crippen molar-refractivity contribution in [3.05, 3.63) is 12.2 Å². The molecule has 4 saturated carbocycles. The van der Waals surface area contributed by atoms with Gasteiger partial charge in [-0.05, 0) is 67.1 Å². The number of allylic oxidation sites excluding steroid dienone is 1. The Kier molecular flexibility index (Phi) is 9.77. The predicted octanol–water partition coefficient (Wildman–Crippen LogP) is 0.0865. The average molecular weight is 615 g/mol. The molecule has 0 radical (unpaired) electrons. The second kappa shape index (κ2) is 12.5. The van der Waals surface area contributed by atoms with Crippen LogP contribution in [0.2, 0.25) is 0 Å². The number of fused-ring (bicyclic) bond motifs is 5. The van der Waals surface area contributed by atoms with Gasteiger partial charge in [-0.2, -0.15) is 0 Å². The summed E-state index contributed by atoms with van der Waals surface area (Å²) in [5, 5.41) is 87.1. The zero-order chi connectivity index (χ0) is 31.5. The number of methoxy groups -OCH3 is 1. The minimum atomic E-state index is -1.28. The molecule has 5 fully saturated rings. The Bertz CT molecular complexity index is 996. The van der Waals surface area contributed by atoms with Gasteiger partial charge in [0, 0.05) is 25.4 Å². The Morgan fingerprint density at radius 2 is 1.63 bits per heavy atom. The minimum Gasteiger partial charge on any atom is -0.393 e. The summed E-state index contributed by atoms with van der Waals surface area (Å²) in [6, 6.07) is 0. The van der Waals surface area contributed by atoms with Gasteiger partial charge in [-0.15, -0.1) is 0 Å². The molecule has 11 heteroatoms. The molecule has 1 aliphatic heterocycles. The van der Waals surface area contributed by atoms with Crippen molar-refractivity contribution in [3.63, 3.8) is 0 Å². The maximum absolute atomic E-state index is 12.4. The molecule has 43 heavy (non-hydrogen) atoms. The van der Waals surface area contributed by atoms with E-state index in [0.29, 0.717) is 25.7 Å². The van der Waals surface area contributed by atoms with Crippen molar-refractivity contribution in [2.24, 2.45) is 40.4 Å². The Labute approximate surface area is 254 Å². The first-order valence-electron chi connectivity index (χ1n) is 16.1. The van der Waals surface area contributed by atoms with Gasteiger partial charge in [-0.1, -0.05) is 32.9 Å². The number of hydrogen-bond donors (Lipinski definition) is 8. The first-order valence-corrected chi connectivity index (χ1v) is 16.1. The normalized spacial score (nSPS) is 53.2. The highest BCUT2D eigenvalue weighted by atomic mass is 16.7. The third-order valence-electron chi connectivity index (χ3n) is 12.4. The molecule has 8 N–H and O–H groups in total. The number of aliphatic hydroxyl groups is 8. The van der Waals surface area contributed by atoms with Crippen LogP contribution >= 0.6 is 0 Å². The van der Waals surface area contributed by atoms with Crippen molar-refractivity contribution in [2.75, 3.05) is 20.3 Å². The van der Waals surface area contributed by atoms with Gasteiger partial charge in [0.05, 0.1) is 49.3 Å². The second-order valence-corrected chi connectivity index (χ2v) is 14.8. The molecule has 5 rings (SSSR count). The molecule has 6 unspecified atom stereocenters. The molecule has 0 bridgehead atoms. The van der Waals surface area contributed by atoms with Crippen LogP contribution in [0.4, 0.5) is 0 Å². The molecular formula is C32H54O11. The van der Waals surface area contributed by atoms with Crippen LogP contribution in [0.15, 0.2) is 12.2 Å². The Balaban J connectivity index is 1.22. The van der Waals surface area contributed by atoms with Crippen LogP contribution in [0.3, 0.4) is 0 Å². The van der Waals surface area contributed by atoms with Crippen LogP contribution in [0.1, 0.15) is 65.7 Å². The van der Waals surface area contributed by atoms with Crippen molar-refractivity contribution in [2.45, 2.75) is 126 Å². The van der Waals surface area contributed by atoms with Crippen molar-refractivity contribution < 1.29 is 55.1 Å². The first kappa shape index (κ1) is 33.7. The van der Waals surface area contributed by atoms with E-state index in [9.17, 15) is 40.9 Å². The van der Waals surface area contributed by atoms with E-state index in [2.05, 4.69) is 13.8 Å². The summed E-state index contributed by atoms with van der Waals surface area (Å²) in [7, 11) is 1.39. The van der Waals surface area contributed by atoms with Gasteiger partial charge in [0.1, 0.15) is 18.3 Å². The molecule has 11 nitrogen and oxygen atoms in total. The van der Waals surface area contributed by atoms with Crippen molar-refractivity contribution in [3.8, 4) is 0 Å². The zero-order valence-corrected chi connectivity index (χ0v) is 25.9. The van der Waals surface area contributed by atoms with E-state index in [4.69, 9.17) is 14.2 Å². The van der Waals surface area contributed by atoms with Crippen molar-refractivity contribution in [1.29, 1.82) is 0 Å². The third-order valence-corrected chi connectivity index (χ3v) is 12.4. The zero-order valence-electron chi connectivity index (χ0n) is 25.9. The maximum atomic E-state index is 12.4. The molecular weight excluding hydrogens is 560 g/mol. The van der Waals surface area contributed by atoms with Gasteiger partial charge in [0.25, 0.3) is 0 Å². The fourth-order valence-electron chi connectivity index (χ4n) is 10.5. The molecule has 1 saturated heterocycles. The lowest BCUT2D eigenvalue weighted by molar-refractivity contribution is -0.280. The first-order chi connectivity index (χ1) is 20.2. The fraction of sp³-hybridized carbons (Fsp3) is 0.938. The van der Waals surface area contributed by atoms with Gasteiger partial charge >= 0.3 is 0 Å². The smallest absolute Gasteiger partial charge is 0.186 e. The Morgan fingerprint density at radius 3 is 2.33 bits per heavy atom. The fourth-order valence-corrected chi connectivity index (χ4v) is 10.5.